The van der Waals surface area contributed by atoms with Crippen molar-refractivity contribution in [3.8, 4) is 11.5 Å². The normalized spacial score (nSPS) is 37.2. The van der Waals surface area contributed by atoms with Crippen LogP contribution < -0.4 is 4.74 Å². The number of benzene rings is 2. The predicted octanol–water partition coefficient (Wildman–Crippen LogP) is 2.21. The average Bonchev–Trinajstić information content (AvgIpc) is 3.07. The van der Waals surface area contributed by atoms with Gasteiger partial charge in [0.25, 0.3) is 0 Å². The number of phenolic OH excluding ortho intramolecular Hbond substituents is 1. The van der Waals surface area contributed by atoms with E-state index in [1.165, 1.54) is 0 Å². The second-order valence-corrected chi connectivity index (χ2v) is 9.29. The van der Waals surface area contributed by atoms with E-state index in [1.54, 1.807) is 6.07 Å². The number of piperidine rings is 1. The Hall–Kier alpha value is -2.37. The van der Waals surface area contributed by atoms with E-state index in [1.807, 2.05) is 36.4 Å². The standard InChI is InChI=1S/C24H25NO4/c1-25-10-9-23-19-15-7-8-17(26)21(19)29-22(23)20(27)16(11-14-5-3-2-4-6-14)13-24(23,28)18(25)12-15/h2-8,16,18,22,26,28H,9-13H2,1H3/t16-,18+,22-,23-,24+/m0/s1. The van der Waals surface area contributed by atoms with Crippen LogP contribution in [0.1, 0.15) is 29.5 Å². The van der Waals surface area contributed by atoms with Gasteiger partial charge >= 0.3 is 0 Å². The maximum Gasteiger partial charge on any atom is 0.177 e. The Morgan fingerprint density at radius 1 is 1.21 bits per heavy atom. The Morgan fingerprint density at radius 2 is 2.00 bits per heavy atom. The number of likely N-dealkylation sites (tertiary alicyclic amines) is 1. The van der Waals surface area contributed by atoms with E-state index >= 15 is 0 Å². The first-order valence-corrected chi connectivity index (χ1v) is 10.5. The van der Waals surface area contributed by atoms with Gasteiger partial charge in [-0.3, -0.25) is 4.79 Å². The Balaban J connectivity index is 1.53. The fourth-order valence-electron chi connectivity index (χ4n) is 6.74. The first-order valence-electron chi connectivity index (χ1n) is 10.5. The Labute approximate surface area is 169 Å². The first kappa shape index (κ1) is 17.5. The number of carbonyl (C=O) groups excluding carboxylic acids is 1. The SMILES string of the molecule is CN1CC[C@]23c4c5ccc(O)c4O[C@H]2C(=O)[C@@H](Cc2ccccc2)C[C@@]3(O)[C@H]1C5. The number of ether oxygens (including phenoxy) is 1. The van der Waals surface area contributed by atoms with Crippen LogP contribution in [0.2, 0.25) is 0 Å². The van der Waals surface area contributed by atoms with E-state index in [-0.39, 0.29) is 23.5 Å². The van der Waals surface area contributed by atoms with Crippen LogP contribution in [0.5, 0.6) is 11.5 Å². The number of likely N-dealkylation sites (N-methyl/N-ethyl adjacent to an activating group) is 1. The molecule has 2 N–H and O–H groups in total. The second-order valence-electron chi connectivity index (χ2n) is 9.29. The van der Waals surface area contributed by atoms with Crippen LogP contribution in [-0.2, 0) is 23.1 Å². The van der Waals surface area contributed by atoms with E-state index in [2.05, 4.69) is 11.9 Å². The maximum absolute atomic E-state index is 13.7. The molecule has 4 aliphatic rings. The first-order chi connectivity index (χ1) is 14.0. The van der Waals surface area contributed by atoms with Gasteiger partial charge in [-0.2, -0.15) is 0 Å². The number of nitrogens with zero attached hydrogens (tertiary/aromatic N) is 1. The van der Waals surface area contributed by atoms with Crippen LogP contribution in [-0.4, -0.2) is 52.2 Å². The van der Waals surface area contributed by atoms with Crippen molar-refractivity contribution in [2.75, 3.05) is 13.6 Å². The van der Waals surface area contributed by atoms with Crippen molar-refractivity contribution in [1.29, 1.82) is 0 Å². The van der Waals surface area contributed by atoms with E-state index in [0.29, 0.717) is 31.4 Å². The van der Waals surface area contributed by atoms with Crippen molar-refractivity contribution < 1.29 is 19.7 Å². The quantitative estimate of drug-likeness (QED) is 0.822. The zero-order valence-electron chi connectivity index (χ0n) is 16.5. The van der Waals surface area contributed by atoms with E-state index in [9.17, 15) is 15.0 Å². The van der Waals surface area contributed by atoms with Crippen molar-refractivity contribution in [3.05, 3.63) is 59.2 Å². The zero-order chi connectivity index (χ0) is 20.0. The molecule has 1 spiro atoms. The lowest BCUT2D eigenvalue weighted by Crippen LogP contribution is -2.77. The molecular formula is C24H25NO4. The van der Waals surface area contributed by atoms with Crippen molar-refractivity contribution >= 4 is 5.78 Å². The molecule has 6 rings (SSSR count). The summed E-state index contributed by atoms with van der Waals surface area (Å²) in [6, 6.07) is 13.5. The van der Waals surface area contributed by atoms with Gasteiger partial charge in [0.2, 0.25) is 0 Å². The monoisotopic (exact) mass is 391 g/mol. The second kappa shape index (κ2) is 5.61. The summed E-state index contributed by atoms with van der Waals surface area (Å²) in [6.07, 6.45) is 1.68. The third-order valence-corrected chi connectivity index (χ3v) is 8.02. The molecule has 0 aromatic heterocycles. The molecule has 5 heteroatoms. The van der Waals surface area contributed by atoms with Gasteiger partial charge in [0.05, 0.1) is 11.0 Å². The van der Waals surface area contributed by atoms with E-state index < -0.39 is 17.1 Å². The summed E-state index contributed by atoms with van der Waals surface area (Å²) in [6.45, 7) is 0.804. The number of hydrogen-bond acceptors (Lipinski definition) is 5. The number of Topliss-reactive ketones (excluding diaryl/α,β-unsaturated/α-hetero) is 1. The fraction of sp³-hybridized carbons (Fsp3) is 0.458. The van der Waals surface area contributed by atoms with Gasteiger partial charge in [-0.1, -0.05) is 36.4 Å². The van der Waals surface area contributed by atoms with Gasteiger partial charge in [0, 0.05) is 17.5 Å². The van der Waals surface area contributed by atoms with Gasteiger partial charge in [-0.05, 0) is 56.5 Å². The lowest BCUT2D eigenvalue weighted by atomic mass is 9.47. The van der Waals surface area contributed by atoms with Crippen LogP contribution in [0.25, 0.3) is 0 Å². The summed E-state index contributed by atoms with van der Waals surface area (Å²) >= 11 is 0. The van der Waals surface area contributed by atoms with Gasteiger partial charge in [-0.15, -0.1) is 0 Å². The summed E-state index contributed by atoms with van der Waals surface area (Å²) in [5, 5.41) is 22.8. The molecule has 2 fully saturated rings. The number of phenols is 1. The van der Waals surface area contributed by atoms with Crippen LogP contribution in [0.3, 0.4) is 0 Å². The zero-order valence-corrected chi connectivity index (χ0v) is 16.5. The minimum atomic E-state index is -1.05. The third kappa shape index (κ3) is 2.00. The van der Waals surface area contributed by atoms with Crippen LogP contribution in [0.15, 0.2) is 42.5 Å². The van der Waals surface area contributed by atoms with Crippen molar-refractivity contribution in [2.24, 2.45) is 5.92 Å². The molecule has 2 aliphatic heterocycles. The van der Waals surface area contributed by atoms with Gasteiger partial charge in [-0.25, -0.2) is 0 Å². The molecule has 5 atom stereocenters. The summed E-state index contributed by atoms with van der Waals surface area (Å²) in [5.74, 6) is 0.250. The van der Waals surface area contributed by atoms with Crippen molar-refractivity contribution in [2.45, 2.75) is 48.8 Å². The Morgan fingerprint density at radius 3 is 2.79 bits per heavy atom. The number of aromatic hydroxyl groups is 1. The average molecular weight is 391 g/mol. The van der Waals surface area contributed by atoms with Crippen LogP contribution in [0.4, 0.5) is 0 Å². The smallest absolute Gasteiger partial charge is 0.177 e. The molecule has 0 radical (unpaired) electrons. The van der Waals surface area contributed by atoms with Crippen LogP contribution >= 0.6 is 0 Å². The Bertz CT molecular complexity index is 1020. The predicted molar refractivity (Wildman–Crippen MR) is 107 cm³/mol. The number of carbonyl (C=O) groups is 1. The molecular weight excluding hydrogens is 366 g/mol. The topological polar surface area (TPSA) is 70.0 Å². The molecule has 1 saturated heterocycles. The number of aliphatic hydroxyl groups is 1. The fourth-order valence-corrected chi connectivity index (χ4v) is 6.74. The highest BCUT2D eigenvalue weighted by Gasteiger charge is 2.74. The summed E-state index contributed by atoms with van der Waals surface area (Å²) < 4.78 is 6.21. The molecule has 2 aromatic carbocycles. The van der Waals surface area contributed by atoms with Crippen molar-refractivity contribution in [3.63, 3.8) is 0 Å². The highest BCUT2D eigenvalue weighted by molar-refractivity contribution is 5.92. The summed E-state index contributed by atoms with van der Waals surface area (Å²) in [4.78, 5) is 15.9. The molecule has 2 aromatic rings. The molecule has 0 amide bonds. The van der Waals surface area contributed by atoms with Crippen molar-refractivity contribution in [1.82, 2.24) is 4.90 Å². The molecule has 0 unspecified atom stereocenters. The van der Waals surface area contributed by atoms with Gasteiger partial charge in [0.1, 0.15) is 0 Å². The molecule has 2 heterocycles. The molecule has 5 nitrogen and oxygen atoms in total. The summed E-state index contributed by atoms with van der Waals surface area (Å²) in [7, 11) is 2.06. The maximum atomic E-state index is 13.7. The lowest BCUT2D eigenvalue weighted by molar-refractivity contribution is -0.194. The minimum absolute atomic E-state index is 0.0586. The minimum Gasteiger partial charge on any atom is -0.504 e. The third-order valence-electron chi connectivity index (χ3n) is 8.02. The highest BCUT2D eigenvalue weighted by Crippen LogP contribution is 2.65. The van der Waals surface area contributed by atoms with Crippen LogP contribution in [0, 0.1) is 5.92 Å². The number of hydrogen-bond donors (Lipinski definition) is 2. The number of rotatable bonds is 2. The lowest BCUT2D eigenvalue weighted by Gasteiger charge is -2.63. The molecule has 1 saturated carbocycles. The Kier molecular flexibility index (Phi) is 3.38. The van der Waals surface area contributed by atoms with E-state index in [4.69, 9.17) is 4.74 Å². The molecule has 29 heavy (non-hydrogen) atoms. The largest absolute Gasteiger partial charge is 0.504 e. The van der Waals surface area contributed by atoms with Gasteiger partial charge in [0.15, 0.2) is 23.4 Å². The summed E-state index contributed by atoms with van der Waals surface area (Å²) in [5.41, 5.74) is 1.27. The molecule has 2 bridgehead atoms. The highest BCUT2D eigenvalue weighted by atomic mass is 16.5. The molecule has 150 valence electrons. The van der Waals surface area contributed by atoms with E-state index in [0.717, 1.165) is 23.2 Å². The molecule has 2 aliphatic carbocycles. The van der Waals surface area contributed by atoms with Gasteiger partial charge < -0.3 is 19.8 Å². The number of ketones is 1.